The number of aldehydes is 1. The van der Waals surface area contributed by atoms with Crippen molar-refractivity contribution in [2.75, 3.05) is 0 Å². The van der Waals surface area contributed by atoms with Crippen LogP contribution >= 0.6 is 0 Å². The molecule has 0 unspecified atom stereocenters. The number of hydrogen-bond acceptors (Lipinski definition) is 2. The van der Waals surface area contributed by atoms with Crippen LogP contribution in [0.3, 0.4) is 0 Å². The van der Waals surface area contributed by atoms with E-state index >= 15 is 0 Å². The summed E-state index contributed by atoms with van der Waals surface area (Å²) in [5.74, 6) is 0.555. The van der Waals surface area contributed by atoms with E-state index < -0.39 is 0 Å². The van der Waals surface area contributed by atoms with Crippen LogP contribution in [0.25, 0.3) is 0 Å². The van der Waals surface area contributed by atoms with Crippen molar-refractivity contribution < 1.29 is 4.79 Å². The molecule has 1 heterocycles. The predicted molar refractivity (Wildman–Crippen MR) is 47.1 cm³/mol. The summed E-state index contributed by atoms with van der Waals surface area (Å²) in [5.41, 5.74) is 1.60. The number of hydrogen-bond donors (Lipinski definition) is 0. The van der Waals surface area contributed by atoms with Crippen molar-refractivity contribution in [3.05, 3.63) is 17.7 Å². The minimum absolute atomic E-state index is 0.555. The number of carbonyl (C=O) groups is 1. The fourth-order valence-electron chi connectivity index (χ4n) is 1.21. The van der Waals surface area contributed by atoms with Crippen LogP contribution in [0.2, 0.25) is 0 Å². The molecule has 3 heteroatoms. The summed E-state index contributed by atoms with van der Waals surface area (Å²) in [7, 11) is 1.91. The molecule has 0 N–H and O–H groups in total. The highest BCUT2D eigenvalue weighted by atomic mass is 16.1. The Balaban J connectivity index is 2.94. The van der Waals surface area contributed by atoms with Crippen molar-refractivity contribution >= 4 is 6.29 Å². The third-order valence-corrected chi connectivity index (χ3v) is 1.80. The van der Waals surface area contributed by atoms with Crippen LogP contribution in [0.4, 0.5) is 0 Å². The van der Waals surface area contributed by atoms with Gasteiger partial charge in [-0.1, -0.05) is 13.8 Å². The van der Waals surface area contributed by atoms with Gasteiger partial charge in [-0.05, 0) is 12.3 Å². The second-order valence-corrected chi connectivity index (χ2v) is 3.40. The van der Waals surface area contributed by atoms with Crippen molar-refractivity contribution in [1.29, 1.82) is 0 Å². The van der Waals surface area contributed by atoms with Crippen LogP contribution in [-0.2, 0) is 13.5 Å². The van der Waals surface area contributed by atoms with E-state index in [0.29, 0.717) is 11.6 Å². The zero-order chi connectivity index (χ0) is 9.14. The van der Waals surface area contributed by atoms with Gasteiger partial charge in [0.05, 0.1) is 6.33 Å². The molecule has 12 heavy (non-hydrogen) atoms. The molecule has 1 aromatic heterocycles. The lowest BCUT2D eigenvalue weighted by Gasteiger charge is -2.05. The first-order valence-corrected chi connectivity index (χ1v) is 4.10. The average Bonchev–Trinajstić information content (AvgIpc) is 2.32. The Morgan fingerprint density at radius 2 is 2.33 bits per heavy atom. The first kappa shape index (κ1) is 8.97. The number of carbonyl (C=O) groups excluding carboxylic acids is 1. The number of rotatable bonds is 3. The highest BCUT2D eigenvalue weighted by Gasteiger charge is 2.08. The lowest BCUT2D eigenvalue weighted by molar-refractivity contribution is 0.111. The fourth-order valence-corrected chi connectivity index (χ4v) is 1.21. The molecule has 3 nitrogen and oxygen atoms in total. The van der Waals surface area contributed by atoms with Crippen LogP contribution < -0.4 is 0 Å². The zero-order valence-corrected chi connectivity index (χ0v) is 7.74. The van der Waals surface area contributed by atoms with Crippen LogP contribution in [0.15, 0.2) is 6.33 Å². The maximum atomic E-state index is 10.5. The SMILES string of the molecule is CC(C)Cc1c(C=O)ncn1C. The van der Waals surface area contributed by atoms with E-state index in [1.165, 1.54) is 0 Å². The molecular weight excluding hydrogens is 152 g/mol. The Morgan fingerprint density at radius 1 is 1.67 bits per heavy atom. The number of aryl methyl sites for hydroxylation is 1. The molecular formula is C9H14N2O. The van der Waals surface area contributed by atoms with Crippen molar-refractivity contribution in [3.8, 4) is 0 Å². The highest BCUT2D eigenvalue weighted by molar-refractivity contribution is 5.73. The van der Waals surface area contributed by atoms with Gasteiger partial charge in [0, 0.05) is 12.7 Å². The molecule has 1 aromatic rings. The van der Waals surface area contributed by atoms with E-state index in [-0.39, 0.29) is 0 Å². The first-order valence-electron chi connectivity index (χ1n) is 4.10. The van der Waals surface area contributed by atoms with Gasteiger partial charge in [0.1, 0.15) is 5.69 Å². The minimum atomic E-state index is 0.555. The van der Waals surface area contributed by atoms with Gasteiger partial charge in [0.15, 0.2) is 6.29 Å². The molecule has 0 aliphatic rings. The van der Waals surface area contributed by atoms with E-state index in [1.807, 2.05) is 11.6 Å². The van der Waals surface area contributed by atoms with E-state index in [9.17, 15) is 4.79 Å². The van der Waals surface area contributed by atoms with Gasteiger partial charge >= 0.3 is 0 Å². The van der Waals surface area contributed by atoms with Gasteiger partial charge in [-0.25, -0.2) is 4.98 Å². The van der Waals surface area contributed by atoms with E-state index in [1.54, 1.807) is 6.33 Å². The van der Waals surface area contributed by atoms with E-state index in [0.717, 1.165) is 18.4 Å². The first-order chi connectivity index (χ1) is 5.65. The molecule has 0 aromatic carbocycles. The largest absolute Gasteiger partial charge is 0.337 e. The highest BCUT2D eigenvalue weighted by Crippen LogP contribution is 2.09. The van der Waals surface area contributed by atoms with Gasteiger partial charge in [-0.2, -0.15) is 0 Å². The average molecular weight is 166 g/mol. The summed E-state index contributed by atoms with van der Waals surface area (Å²) >= 11 is 0. The molecule has 0 amide bonds. The van der Waals surface area contributed by atoms with Crippen LogP contribution in [0.1, 0.15) is 30.0 Å². The number of imidazole rings is 1. The lowest BCUT2D eigenvalue weighted by atomic mass is 10.1. The van der Waals surface area contributed by atoms with Gasteiger partial charge in [0.2, 0.25) is 0 Å². The lowest BCUT2D eigenvalue weighted by Crippen LogP contribution is -2.03. The van der Waals surface area contributed by atoms with Crippen molar-refractivity contribution in [3.63, 3.8) is 0 Å². The normalized spacial score (nSPS) is 10.7. The van der Waals surface area contributed by atoms with Crippen molar-refractivity contribution in [1.82, 2.24) is 9.55 Å². The minimum Gasteiger partial charge on any atom is -0.337 e. The van der Waals surface area contributed by atoms with Crippen LogP contribution in [0, 0.1) is 5.92 Å². The number of aromatic nitrogens is 2. The Morgan fingerprint density at radius 3 is 2.83 bits per heavy atom. The summed E-state index contributed by atoms with van der Waals surface area (Å²) in [6.45, 7) is 4.25. The molecule has 0 spiro atoms. The smallest absolute Gasteiger partial charge is 0.170 e. The van der Waals surface area contributed by atoms with Crippen molar-refractivity contribution in [2.45, 2.75) is 20.3 Å². The van der Waals surface area contributed by atoms with E-state index in [4.69, 9.17) is 0 Å². The Bertz CT molecular complexity index is 276. The van der Waals surface area contributed by atoms with E-state index in [2.05, 4.69) is 18.8 Å². The molecule has 1 rings (SSSR count). The molecule has 0 aliphatic carbocycles. The zero-order valence-electron chi connectivity index (χ0n) is 7.74. The maximum absolute atomic E-state index is 10.5. The quantitative estimate of drug-likeness (QED) is 0.637. The maximum Gasteiger partial charge on any atom is 0.170 e. The Labute approximate surface area is 72.4 Å². The summed E-state index contributed by atoms with van der Waals surface area (Å²) in [5, 5.41) is 0. The van der Waals surface area contributed by atoms with Crippen LogP contribution in [0.5, 0.6) is 0 Å². The van der Waals surface area contributed by atoms with Crippen LogP contribution in [-0.4, -0.2) is 15.8 Å². The summed E-state index contributed by atoms with van der Waals surface area (Å²) in [6.07, 6.45) is 3.41. The second kappa shape index (κ2) is 3.52. The van der Waals surface area contributed by atoms with Gasteiger partial charge in [0.25, 0.3) is 0 Å². The Hall–Kier alpha value is -1.12. The van der Waals surface area contributed by atoms with Gasteiger partial charge in [-0.3, -0.25) is 4.79 Å². The van der Waals surface area contributed by atoms with Gasteiger partial charge in [-0.15, -0.1) is 0 Å². The monoisotopic (exact) mass is 166 g/mol. The summed E-state index contributed by atoms with van der Waals surface area (Å²) in [6, 6.07) is 0. The molecule has 0 fully saturated rings. The molecule has 0 atom stereocenters. The third kappa shape index (κ3) is 1.72. The molecule has 0 bridgehead atoms. The molecule has 0 radical (unpaired) electrons. The predicted octanol–water partition coefficient (Wildman–Crippen LogP) is 1.43. The topological polar surface area (TPSA) is 34.9 Å². The molecule has 66 valence electrons. The summed E-state index contributed by atoms with van der Waals surface area (Å²) in [4.78, 5) is 14.5. The summed E-state index contributed by atoms with van der Waals surface area (Å²) < 4.78 is 1.91. The molecule has 0 saturated heterocycles. The molecule has 0 aliphatic heterocycles. The second-order valence-electron chi connectivity index (χ2n) is 3.40. The number of nitrogens with zero attached hydrogens (tertiary/aromatic N) is 2. The van der Waals surface area contributed by atoms with Gasteiger partial charge < -0.3 is 4.57 Å². The third-order valence-electron chi connectivity index (χ3n) is 1.80. The Kier molecular flexibility index (Phi) is 2.63. The molecule has 0 saturated carbocycles. The van der Waals surface area contributed by atoms with Crippen molar-refractivity contribution in [2.24, 2.45) is 13.0 Å². The standard InChI is InChI=1S/C9H14N2O/c1-7(2)4-9-8(5-12)10-6-11(9)3/h5-7H,4H2,1-3H3. The fraction of sp³-hybridized carbons (Fsp3) is 0.556.